The molecule has 108 valence electrons. The second-order valence-corrected chi connectivity index (χ2v) is 4.91. The first-order chi connectivity index (χ1) is 8.90. The van der Waals surface area contributed by atoms with Crippen LogP contribution in [0.1, 0.15) is 19.8 Å². The highest BCUT2D eigenvalue weighted by Gasteiger charge is 2.26. The fourth-order valence-corrected chi connectivity index (χ4v) is 2.04. The molecule has 1 aliphatic heterocycles. The summed E-state index contributed by atoms with van der Waals surface area (Å²) in [7, 11) is 0. The fraction of sp³-hybridized carbons (Fsp3) is 0.750. The summed E-state index contributed by atoms with van der Waals surface area (Å²) in [6.45, 7) is 2.76. The molecule has 0 radical (unpaired) electrons. The number of rotatable bonds is 6. The molecule has 1 atom stereocenters. The molecule has 0 aliphatic carbocycles. The van der Waals surface area contributed by atoms with E-state index in [-0.39, 0.29) is 30.7 Å². The van der Waals surface area contributed by atoms with Crippen LogP contribution in [0.4, 0.5) is 0 Å². The molecule has 4 N–H and O–H groups in total. The lowest BCUT2D eigenvalue weighted by Crippen LogP contribution is -2.46. The van der Waals surface area contributed by atoms with Gasteiger partial charge in [0.15, 0.2) is 0 Å². The Labute approximate surface area is 112 Å². The smallest absolute Gasteiger partial charge is 0.317 e. The van der Waals surface area contributed by atoms with Crippen molar-refractivity contribution in [3.05, 3.63) is 0 Å². The Bertz CT molecular complexity index is 351. The molecule has 1 rings (SSSR count). The molecule has 1 heterocycles. The molecule has 1 amide bonds. The molecule has 0 spiro atoms. The van der Waals surface area contributed by atoms with Crippen molar-refractivity contribution in [2.75, 3.05) is 26.2 Å². The minimum Gasteiger partial charge on any atom is -0.480 e. The predicted octanol–water partition coefficient (Wildman–Crippen LogP) is -1.18. The van der Waals surface area contributed by atoms with Crippen molar-refractivity contribution in [3.8, 4) is 0 Å². The predicted molar refractivity (Wildman–Crippen MR) is 68.5 cm³/mol. The van der Waals surface area contributed by atoms with Crippen LogP contribution in [0.3, 0.4) is 0 Å². The van der Waals surface area contributed by atoms with Gasteiger partial charge in [0.05, 0.1) is 12.6 Å². The van der Waals surface area contributed by atoms with Crippen LogP contribution < -0.4 is 11.1 Å². The lowest BCUT2D eigenvalue weighted by atomic mass is 9.96. The largest absolute Gasteiger partial charge is 0.480 e. The van der Waals surface area contributed by atoms with Crippen molar-refractivity contribution in [2.45, 2.75) is 25.8 Å². The van der Waals surface area contributed by atoms with E-state index in [1.54, 1.807) is 0 Å². The standard InChI is InChI=1S/C12H21N3O4/c1-8(16)10(13)6-14-12(19)9-2-4-15(5-3-9)7-11(17)18/h9-10H,2-7,13H2,1H3,(H,14,19)(H,17,18)/t10-/m1/s1. The minimum atomic E-state index is -0.852. The molecule has 0 unspecified atom stereocenters. The summed E-state index contributed by atoms with van der Waals surface area (Å²) in [5.41, 5.74) is 5.53. The van der Waals surface area contributed by atoms with Crippen LogP contribution >= 0.6 is 0 Å². The molecule has 0 aromatic rings. The quantitative estimate of drug-likeness (QED) is 0.560. The molecule has 19 heavy (non-hydrogen) atoms. The van der Waals surface area contributed by atoms with Crippen LogP contribution in [0.5, 0.6) is 0 Å². The lowest BCUT2D eigenvalue weighted by molar-refractivity contribution is -0.138. The van der Waals surface area contributed by atoms with Gasteiger partial charge in [-0.25, -0.2) is 0 Å². The first-order valence-electron chi connectivity index (χ1n) is 6.38. The molecule has 0 saturated carbocycles. The van der Waals surface area contributed by atoms with Gasteiger partial charge >= 0.3 is 5.97 Å². The average Bonchev–Trinajstić information content (AvgIpc) is 2.35. The van der Waals surface area contributed by atoms with Crippen molar-refractivity contribution in [1.29, 1.82) is 0 Å². The number of carboxylic acid groups (broad SMARTS) is 1. The summed E-state index contributed by atoms with van der Waals surface area (Å²) < 4.78 is 0. The van der Waals surface area contributed by atoms with Gasteiger partial charge in [-0.2, -0.15) is 0 Å². The molecule has 0 bridgehead atoms. The topological polar surface area (TPSA) is 113 Å². The molecule has 1 fully saturated rings. The highest BCUT2D eigenvalue weighted by atomic mass is 16.4. The highest BCUT2D eigenvalue weighted by Crippen LogP contribution is 2.16. The summed E-state index contributed by atoms with van der Waals surface area (Å²) in [6.07, 6.45) is 1.27. The Morgan fingerprint density at radius 2 is 1.95 bits per heavy atom. The molecule has 7 heteroatoms. The van der Waals surface area contributed by atoms with Crippen LogP contribution in [0.15, 0.2) is 0 Å². The van der Waals surface area contributed by atoms with Gasteiger partial charge < -0.3 is 16.2 Å². The van der Waals surface area contributed by atoms with Crippen LogP contribution in [-0.4, -0.2) is 59.9 Å². The SMILES string of the molecule is CC(=O)[C@H](N)CNC(=O)C1CCN(CC(=O)O)CC1. The van der Waals surface area contributed by atoms with Crippen molar-refractivity contribution in [1.82, 2.24) is 10.2 Å². The Morgan fingerprint density at radius 3 is 2.42 bits per heavy atom. The van der Waals surface area contributed by atoms with E-state index >= 15 is 0 Å². The van der Waals surface area contributed by atoms with E-state index in [9.17, 15) is 14.4 Å². The molecule has 0 aromatic heterocycles. The molecule has 7 nitrogen and oxygen atoms in total. The van der Waals surface area contributed by atoms with E-state index in [0.717, 1.165) is 0 Å². The van der Waals surface area contributed by atoms with E-state index in [1.807, 2.05) is 4.90 Å². The molecule has 1 saturated heterocycles. The number of hydrogen-bond donors (Lipinski definition) is 3. The molecular weight excluding hydrogens is 250 g/mol. The first kappa shape index (κ1) is 15.6. The number of carbonyl (C=O) groups is 3. The number of aliphatic carboxylic acids is 1. The number of piperidine rings is 1. The summed E-state index contributed by atoms with van der Waals surface area (Å²) in [6, 6.07) is -0.656. The van der Waals surface area contributed by atoms with Crippen molar-refractivity contribution in [2.24, 2.45) is 11.7 Å². The van der Waals surface area contributed by atoms with Gasteiger partial charge in [-0.1, -0.05) is 0 Å². The van der Waals surface area contributed by atoms with Crippen molar-refractivity contribution in [3.63, 3.8) is 0 Å². The zero-order chi connectivity index (χ0) is 14.4. The van der Waals surface area contributed by atoms with Gasteiger partial charge in [0.2, 0.25) is 5.91 Å². The van der Waals surface area contributed by atoms with Gasteiger partial charge in [-0.3, -0.25) is 19.3 Å². The third kappa shape index (κ3) is 5.35. The summed E-state index contributed by atoms with van der Waals surface area (Å²) in [4.78, 5) is 35.2. The van der Waals surface area contributed by atoms with Gasteiger partial charge in [-0.05, 0) is 32.9 Å². The number of nitrogens with one attached hydrogen (secondary N) is 1. The maximum Gasteiger partial charge on any atom is 0.317 e. The van der Waals surface area contributed by atoms with E-state index in [1.165, 1.54) is 6.92 Å². The average molecular weight is 271 g/mol. The Hall–Kier alpha value is -1.47. The Balaban J connectivity index is 2.29. The molecule has 1 aliphatic rings. The number of amides is 1. The van der Waals surface area contributed by atoms with E-state index in [4.69, 9.17) is 10.8 Å². The zero-order valence-corrected chi connectivity index (χ0v) is 11.1. The highest BCUT2D eigenvalue weighted by molar-refractivity contribution is 5.83. The second kappa shape index (κ2) is 7.20. The number of carbonyl (C=O) groups excluding carboxylic acids is 2. The van der Waals surface area contributed by atoms with E-state index in [2.05, 4.69) is 5.32 Å². The number of carboxylic acids is 1. The van der Waals surface area contributed by atoms with E-state index in [0.29, 0.717) is 25.9 Å². The van der Waals surface area contributed by atoms with Crippen LogP contribution in [0.25, 0.3) is 0 Å². The van der Waals surface area contributed by atoms with Gasteiger partial charge in [0, 0.05) is 12.5 Å². The Kier molecular flexibility index (Phi) is 5.91. The zero-order valence-electron chi connectivity index (χ0n) is 11.1. The third-order valence-electron chi connectivity index (χ3n) is 3.34. The Morgan fingerprint density at radius 1 is 1.37 bits per heavy atom. The maximum absolute atomic E-state index is 11.8. The van der Waals surface area contributed by atoms with Gasteiger partial charge in [-0.15, -0.1) is 0 Å². The van der Waals surface area contributed by atoms with Crippen LogP contribution in [0.2, 0.25) is 0 Å². The lowest BCUT2D eigenvalue weighted by Gasteiger charge is -2.30. The monoisotopic (exact) mass is 271 g/mol. The maximum atomic E-state index is 11.8. The number of Topliss-reactive ketones (excluding diaryl/α,β-unsaturated/α-hetero) is 1. The van der Waals surface area contributed by atoms with Crippen LogP contribution in [-0.2, 0) is 14.4 Å². The summed E-state index contributed by atoms with van der Waals surface area (Å²) in [5, 5.41) is 11.3. The number of likely N-dealkylation sites (tertiary alicyclic amines) is 1. The number of ketones is 1. The molecular formula is C12H21N3O4. The third-order valence-corrected chi connectivity index (χ3v) is 3.34. The van der Waals surface area contributed by atoms with Crippen LogP contribution in [0, 0.1) is 5.92 Å². The second-order valence-electron chi connectivity index (χ2n) is 4.91. The summed E-state index contributed by atoms with van der Waals surface area (Å²) in [5.74, 6) is -1.23. The fourth-order valence-electron chi connectivity index (χ4n) is 2.04. The number of nitrogens with zero attached hydrogens (tertiary/aromatic N) is 1. The minimum absolute atomic E-state index is 0.0174. The van der Waals surface area contributed by atoms with Crippen molar-refractivity contribution >= 4 is 17.7 Å². The first-order valence-corrected chi connectivity index (χ1v) is 6.38. The van der Waals surface area contributed by atoms with E-state index < -0.39 is 12.0 Å². The van der Waals surface area contributed by atoms with Gasteiger partial charge in [0.25, 0.3) is 0 Å². The summed E-state index contributed by atoms with van der Waals surface area (Å²) >= 11 is 0. The van der Waals surface area contributed by atoms with Gasteiger partial charge in [0.1, 0.15) is 5.78 Å². The van der Waals surface area contributed by atoms with Crippen molar-refractivity contribution < 1.29 is 19.5 Å². The molecule has 0 aromatic carbocycles. The number of hydrogen-bond acceptors (Lipinski definition) is 5. The normalized spacial score (nSPS) is 18.8. The number of nitrogens with two attached hydrogens (primary N) is 1.